The average Bonchev–Trinajstić information content (AvgIpc) is 2.73. The molecule has 1 saturated carbocycles. The van der Waals surface area contributed by atoms with Crippen LogP contribution in [0.1, 0.15) is 37.5 Å². The largest absolute Gasteiger partial charge is 0.458 e. The Bertz CT molecular complexity index is 548. The second-order valence-corrected chi connectivity index (χ2v) is 5.91. The SMILES string of the molecule is NNC(CC1CCC1)c1cc2cccc(Br)c2o1. The lowest BCUT2D eigenvalue weighted by atomic mass is 9.80. The van der Waals surface area contributed by atoms with E-state index < -0.39 is 0 Å². The molecule has 1 aromatic heterocycles. The molecule has 1 aliphatic rings. The summed E-state index contributed by atoms with van der Waals surface area (Å²) in [6.45, 7) is 0. The number of fused-ring (bicyclic) bond motifs is 1. The second kappa shape index (κ2) is 5.03. The van der Waals surface area contributed by atoms with E-state index in [4.69, 9.17) is 10.3 Å². The van der Waals surface area contributed by atoms with E-state index in [0.29, 0.717) is 0 Å². The first-order valence-electron chi connectivity index (χ1n) is 6.42. The molecule has 4 heteroatoms. The number of rotatable bonds is 4. The molecule has 0 spiro atoms. The van der Waals surface area contributed by atoms with Crippen LogP contribution in [0.5, 0.6) is 0 Å². The van der Waals surface area contributed by atoms with Gasteiger partial charge in [-0.05, 0) is 40.4 Å². The third-order valence-corrected chi connectivity index (χ3v) is 4.48. The minimum absolute atomic E-state index is 0.120. The van der Waals surface area contributed by atoms with Crippen molar-refractivity contribution in [3.05, 3.63) is 34.5 Å². The molecule has 0 bridgehead atoms. The Labute approximate surface area is 115 Å². The van der Waals surface area contributed by atoms with Crippen LogP contribution in [0.15, 0.2) is 33.2 Å². The van der Waals surface area contributed by atoms with Crippen LogP contribution < -0.4 is 11.3 Å². The number of nitrogens with two attached hydrogens (primary N) is 1. The minimum Gasteiger partial charge on any atom is -0.458 e. The minimum atomic E-state index is 0.120. The van der Waals surface area contributed by atoms with E-state index >= 15 is 0 Å². The third-order valence-electron chi connectivity index (χ3n) is 3.85. The Hall–Kier alpha value is -0.840. The molecule has 3 nitrogen and oxygen atoms in total. The molecule has 1 unspecified atom stereocenters. The lowest BCUT2D eigenvalue weighted by molar-refractivity contribution is 0.249. The molecule has 2 aromatic rings. The number of benzene rings is 1. The predicted octanol–water partition coefficient (Wildman–Crippen LogP) is 3.89. The second-order valence-electron chi connectivity index (χ2n) is 5.06. The Morgan fingerprint density at radius 3 is 2.89 bits per heavy atom. The molecule has 1 heterocycles. The van der Waals surface area contributed by atoms with Gasteiger partial charge in [-0.15, -0.1) is 0 Å². The molecule has 0 radical (unpaired) electrons. The van der Waals surface area contributed by atoms with E-state index in [1.807, 2.05) is 12.1 Å². The van der Waals surface area contributed by atoms with Crippen LogP contribution >= 0.6 is 15.9 Å². The van der Waals surface area contributed by atoms with Gasteiger partial charge >= 0.3 is 0 Å². The molecule has 0 saturated heterocycles. The first kappa shape index (κ1) is 12.2. The number of hydrogen-bond acceptors (Lipinski definition) is 3. The molecule has 1 atom stereocenters. The maximum absolute atomic E-state index is 5.93. The third kappa shape index (κ3) is 2.20. The fourth-order valence-electron chi connectivity index (χ4n) is 2.55. The number of para-hydroxylation sites is 1. The van der Waals surface area contributed by atoms with Gasteiger partial charge in [0.15, 0.2) is 0 Å². The van der Waals surface area contributed by atoms with Crippen LogP contribution in [-0.2, 0) is 0 Å². The van der Waals surface area contributed by atoms with Crippen LogP contribution in [0, 0.1) is 5.92 Å². The predicted molar refractivity (Wildman–Crippen MR) is 75.9 cm³/mol. The highest BCUT2D eigenvalue weighted by Gasteiger charge is 2.24. The van der Waals surface area contributed by atoms with Crippen molar-refractivity contribution in [1.82, 2.24) is 5.43 Å². The summed E-state index contributed by atoms with van der Waals surface area (Å²) in [6, 6.07) is 8.28. The van der Waals surface area contributed by atoms with Crippen molar-refractivity contribution in [3.8, 4) is 0 Å². The van der Waals surface area contributed by atoms with Gasteiger partial charge in [-0.25, -0.2) is 5.43 Å². The van der Waals surface area contributed by atoms with Gasteiger partial charge in [-0.1, -0.05) is 31.4 Å². The number of furan rings is 1. The summed E-state index contributed by atoms with van der Waals surface area (Å²) in [5, 5.41) is 1.12. The lowest BCUT2D eigenvalue weighted by Crippen LogP contribution is -2.30. The van der Waals surface area contributed by atoms with Crippen LogP contribution in [0.25, 0.3) is 11.0 Å². The summed E-state index contributed by atoms with van der Waals surface area (Å²) in [6.07, 6.45) is 5.06. The van der Waals surface area contributed by atoms with E-state index in [-0.39, 0.29) is 6.04 Å². The highest BCUT2D eigenvalue weighted by atomic mass is 79.9. The van der Waals surface area contributed by atoms with Crippen LogP contribution in [0.4, 0.5) is 0 Å². The van der Waals surface area contributed by atoms with Crippen molar-refractivity contribution in [2.45, 2.75) is 31.7 Å². The van der Waals surface area contributed by atoms with E-state index in [1.54, 1.807) is 0 Å². The Kier molecular flexibility index (Phi) is 3.41. The Balaban J connectivity index is 1.89. The normalized spacial score (nSPS) is 17.9. The molecule has 1 aliphatic carbocycles. The summed E-state index contributed by atoms with van der Waals surface area (Å²) >= 11 is 3.51. The summed E-state index contributed by atoms with van der Waals surface area (Å²) < 4.78 is 6.92. The van der Waals surface area contributed by atoms with Gasteiger partial charge in [-0.2, -0.15) is 0 Å². The molecule has 1 fully saturated rings. The number of hydrogen-bond donors (Lipinski definition) is 2. The molecule has 96 valence electrons. The van der Waals surface area contributed by atoms with Crippen molar-refractivity contribution >= 4 is 26.9 Å². The van der Waals surface area contributed by atoms with Gasteiger partial charge in [0.1, 0.15) is 11.3 Å². The summed E-state index contributed by atoms with van der Waals surface area (Å²) in [4.78, 5) is 0. The molecular formula is C14H17BrN2O. The van der Waals surface area contributed by atoms with E-state index in [2.05, 4.69) is 33.5 Å². The zero-order chi connectivity index (χ0) is 12.5. The maximum atomic E-state index is 5.93. The topological polar surface area (TPSA) is 51.2 Å². The van der Waals surface area contributed by atoms with E-state index in [0.717, 1.165) is 33.5 Å². The average molecular weight is 309 g/mol. The van der Waals surface area contributed by atoms with Crippen molar-refractivity contribution in [2.75, 3.05) is 0 Å². The first-order valence-corrected chi connectivity index (χ1v) is 7.21. The number of halogens is 1. The van der Waals surface area contributed by atoms with Gasteiger partial charge in [0, 0.05) is 5.39 Å². The van der Waals surface area contributed by atoms with E-state index in [1.165, 1.54) is 19.3 Å². The van der Waals surface area contributed by atoms with Gasteiger partial charge in [-0.3, -0.25) is 5.84 Å². The van der Waals surface area contributed by atoms with Crippen molar-refractivity contribution < 1.29 is 4.42 Å². The Morgan fingerprint density at radius 2 is 2.28 bits per heavy atom. The highest BCUT2D eigenvalue weighted by Crippen LogP contribution is 2.36. The molecule has 0 aliphatic heterocycles. The van der Waals surface area contributed by atoms with Crippen molar-refractivity contribution in [3.63, 3.8) is 0 Å². The molecule has 3 N–H and O–H groups in total. The van der Waals surface area contributed by atoms with Crippen molar-refractivity contribution in [1.29, 1.82) is 0 Å². The molecule has 3 rings (SSSR count). The fraction of sp³-hybridized carbons (Fsp3) is 0.429. The van der Waals surface area contributed by atoms with Gasteiger partial charge in [0.25, 0.3) is 0 Å². The fourth-order valence-corrected chi connectivity index (χ4v) is 3.01. The molecule has 0 amide bonds. The monoisotopic (exact) mass is 308 g/mol. The molecule has 18 heavy (non-hydrogen) atoms. The smallest absolute Gasteiger partial charge is 0.148 e. The maximum Gasteiger partial charge on any atom is 0.148 e. The van der Waals surface area contributed by atoms with Crippen LogP contribution in [0.2, 0.25) is 0 Å². The van der Waals surface area contributed by atoms with Gasteiger partial charge < -0.3 is 4.42 Å². The summed E-state index contributed by atoms with van der Waals surface area (Å²) in [5.41, 5.74) is 3.79. The van der Waals surface area contributed by atoms with Crippen molar-refractivity contribution in [2.24, 2.45) is 11.8 Å². The molecule has 1 aromatic carbocycles. The van der Waals surface area contributed by atoms with Gasteiger partial charge in [0.05, 0.1) is 10.5 Å². The summed E-state index contributed by atoms with van der Waals surface area (Å²) in [7, 11) is 0. The number of hydrazine groups is 1. The summed E-state index contributed by atoms with van der Waals surface area (Å²) in [5.74, 6) is 7.40. The van der Waals surface area contributed by atoms with Crippen LogP contribution in [0.3, 0.4) is 0 Å². The quantitative estimate of drug-likeness (QED) is 0.665. The zero-order valence-electron chi connectivity index (χ0n) is 10.2. The standard InChI is InChI=1S/C14H17BrN2O/c15-11-6-2-5-10-8-13(18-14(10)11)12(17-16)7-9-3-1-4-9/h2,5-6,8-9,12,17H,1,3-4,7,16H2. The Morgan fingerprint density at radius 1 is 1.44 bits per heavy atom. The van der Waals surface area contributed by atoms with E-state index in [9.17, 15) is 0 Å². The molecular weight excluding hydrogens is 292 g/mol. The lowest BCUT2D eigenvalue weighted by Gasteiger charge is -2.28. The zero-order valence-corrected chi connectivity index (χ0v) is 11.7. The first-order chi connectivity index (χ1) is 8.78. The van der Waals surface area contributed by atoms with Crippen LogP contribution in [-0.4, -0.2) is 0 Å². The highest BCUT2D eigenvalue weighted by molar-refractivity contribution is 9.10. The van der Waals surface area contributed by atoms with Gasteiger partial charge in [0.2, 0.25) is 0 Å². The number of nitrogens with one attached hydrogen (secondary N) is 1.